The number of anilines is 2. The van der Waals surface area contributed by atoms with E-state index in [0.717, 1.165) is 69.3 Å². The highest BCUT2D eigenvalue weighted by molar-refractivity contribution is 5.74. The number of carbonyl (C=O) groups excluding carboxylic acids is 1. The molecule has 33 heavy (non-hydrogen) atoms. The second-order valence-electron chi connectivity index (χ2n) is 9.58. The highest BCUT2D eigenvalue weighted by Crippen LogP contribution is 2.34. The van der Waals surface area contributed by atoms with Crippen LogP contribution in [0.2, 0.25) is 0 Å². The summed E-state index contributed by atoms with van der Waals surface area (Å²) >= 11 is 0. The number of hydrogen-bond donors (Lipinski definition) is 1. The van der Waals surface area contributed by atoms with Crippen LogP contribution in [0.4, 0.5) is 11.5 Å². The van der Waals surface area contributed by atoms with Gasteiger partial charge in [-0.05, 0) is 56.2 Å². The van der Waals surface area contributed by atoms with E-state index in [-0.39, 0.29) is 11.9 Å². The van der Waals surface area contributed by atoms with Crippen molar-refractivity contribution >= 4 is 17.4 Å². The SMILES string of the molecule is CCN1CCCc2cc(CN3CCc4c(nc(C5CCCN5C(C)=O)nc4NC)C3)ccc21. The van der Waals surface area contributed by atoms with Crippen molar-refractivity contribution < 1.29 is 4.79 Å². The first kappa shape index (κ1) is 22.1. The van der Waals surface area contributed by atoms with Gasteiger partial charge >= 0.3 is 0 Å². The van der Waals surface area contributed by atoms with Crippen molar-refractivity contribution in [2.24, 2.45) is 0 Å². The second-order valence-corrected chi connectivity index (χ2v) is 9.58. The van der Waals surface area contributed by atoms with Gasteiger partial charge in [-0.1, -0.05) is 12.1 Å². The Bertz CT molecular complexity index is 1040. The van der Waals surface area contributed by atoms with Crippen LogP contribution >= 0.6 is 0 Å². The number of fused-ring (bicyclic) bond motifs is 2. The molecule has 176 valence electrons. The highest BCUT2D eigenvalue weighted by Gasteiger charge is 2.32. The van der Waals surface area contributed by atoms with E-state index < -0.39 is 0 Å². The highest BCUT2D eigenvalue weighted by atomic mass is 16.2. The number of aryl methyl sites for hydroxylation is 1. The number of hydrogen-bond acceptors (Lipinski definition) is 6. The van der Waals surface area contributed by atoms with Crippen molar-refractivity contribution in [3.8, 4) is 0 Å². The lowest BCUT2D eigenvalue weighted by Crippen LogP contribution is -2.34. The summed E-state index contributed by atoms with van der Waals surface area (Å²) in [5, 5.41) is 3.29. The number of carbonyl (C=O) groups is 1. The Morgan fingerprint density at radius 1 is 1.15 bits per heavy atom. The molecule has 0 bridgehead atoms. The van der Waals surface area contributed by atoms with Crippen LogP contribution in [0, 0.1) is 0 Å². The number of rotatable bonds is 5. The molecule has 7 heteroatoms. The largest absolute Gasteiger partial charge is 0.373 e. The van der Waals surface area contributed by atoms with Crippen LogP contribution < -0.4 is 10.2 Å². The maximum absolute atomic E-state index is 12.1. The summed E-state index contributed by atoms with van der Waals surface area (Å²) in [6, 6.07) is 7.04. The van der Waals surface area contributed by atoms with Crippen molar-refractivity contribution in [2.45, 2.75) is 65.1 Å². The van der Waals surface area contributed by atoms with Gasteiger partial charge in [-0.3, -0.25) is 9.69 Å². The van der Waals surface area contributed by atoms with Crippen LogP contribution in [0.3, 0.4) is 0 Å². The molecule has 4 heterocycles. The summed E-state index contributed by atoms with van der Waals surface area (Å²) in [7, 11) is 1.93. The zero-order valence-electron chi connectivity index (χ0n) is 20.2. The number of nitrogens with zero attached hydrogens (tertiary/aromatic N) is 5. The van der Waals surface area contributed by atoms with Gasteiger partial charge in [-0.15, -0.1) is 0 Å². The zero-order valence-corrected chi connectivity index (χ0v) is 20.2. The lowest BCUT2D eigenvalue weighted by Gasteiger charge is -2.32. The summed E-state index contributed by atoms with van der Waals surface area (Å²) in [6.07, 6.45) is 5.32. The third-order valence-corrected chi connectivity index (χ3v) is 7.50. The van der Waals surface area contributed by atoms with E-state index in [2.05, 4.69) is 40.2 Å². The van der Waals surface area contributed by atoms with Crippen LogP contribution in [-0.4, -0.2) is 58.9 Å². The number of likely N-dealkylation sites (tertiary alicyclic amines) is 1. The fraction of sp³-hybridized carbons (Fsp3) is 0.577. The van der Waals surface area contributed by atoms with E-state index >= 15 is 0 Å². The van der Waals surface area contributed by atoms with Crippen LogP contribution in [0.25, 0.3) is 0 Å². The summed E-state index contributed by atoms with van der Waals surface area (Å²) < 4.78 is 0. The van der Waals surface area contributed by atoms with E-state index in [1.54, 1.807) is 6.92 Å². The summed E-state index contributed by atoms with van der Waals surface area (Å²) in [4.78, 5) is 28.9. The predicted octanol–water partition coefficient (Wildman–Crippen LogP) is 3.53. The van der Waals surface area contributed by atoms with Gasteiger partial charge in [0.25, 0.3) is 0 Å². The summed E-state index contributed by atoms with van der Waals surface area (Å²) in [5.41, 5.74) is 6.64. The third kappa shape index (κ3) is 4.31. The third-order valence-electron chi connectivity index (χ3n) is 7.50. The lowest BCUT2D eigenvalue weighted by molar-refractivity contribution is -0.129. The molecule has 1 amide bonds. The fourth-order valence-electron chi connectivity index (χ4n) is 5.82. The normalized spacial score (nSPS) is 20.5. The van der Waals surface area contributed by atoms with Gasteiger partial charge in [-0.2, -0.15) is 0 Å². The van der Waals surface area contributed by atoms with E-state index in [0.29, 0.717) is 0 Å². The minimum atomic E-state index is -0.00238. The molecule has 2 aromatic rings. The van der Waals surface area contributed by atoms with E-state index in [9.17, 15) is 4.79 Å². The number of amides is 1. The fourth-order valence-corrected chi connectivity index (χ4v) is 5.82. The maximum atomic E-state index is 12.1. The Morgan fingerprint density at radius 3 is 2.82 bits per heavy atom. The molecule has 3 aliphatic heterocycles. The Labute approximate surface area is 197 Å². The smallest absolute Gasteiger partial charge is 0.220 e. The van der Waals surface area contributed by atoms with Gasteiger partial charge in [-0.25, -0.2) is 9.97 Å². The van der Waals surface area contributed by atoms with E-state index in [1.807, 2.05) is 11.9 Å². The minimum absolute atomic E-state index is 0.00238. The summed E-state index contributed by atoms with van der Waals surface area (Å²) in [5.74, 6) is 1.83. The summed E-state index contributed by atoms with van der Waals surface area (Å²) in [6.45, 7) is 9.71. The molecule has 1 N–H and O–H groups in total. The van der Waals surface area contributed by atoms with Gasteiger partial charge in [0, 0.05) is 64.5 Å². The maximum Gasteiger partial charge on any atom is 0.220 e. The van der Waals surface area contributed by atoms with Crippen LogP contribution in [0.1, 0.15) is 67.4 Å². The van der Waals surface area contributed by atoms with Crippen molar-refractivity contribution in [1.82, 2.24) is 19.8 Å². The average molecular weight is 449 g/mol. The lowest BCUT2D eigenvalue weighted by atomic mass is 9.98. The molecule has 0 radical (unpaired) electrons. The minimum Gasteiger partial charge on any atom is -0.373 e. The molecule has 0 spiro atoms. The monoisotopic (exact) mass is 448 g/mol. The first-order valence-corrected chi connectivity index (χ1v) is 12.5. The molecular formula is C26H36N6O. The average Bonchev–Trinajstić information content (AvgIpc) is 3.33. The van der Waals surface area contributed by atoms with Crippen LogP contribution in [0.15, 0.2) is 18.2 Å². The van der Waals surface area contributed by atoms with Crippen molar-refractivity contribution in [1.29, 1.82) is 0 Å². The number of aromatic nitrogens is 2. The van der Waals surface area contributed by atoms with Crippen molar-refractivity contribution in [3.05, 3.63) is 46.4 Å². The first-order chi connectivity index (χ1) is 16.1. The van der Waals surface area contributed by atoms with Gasteiger partial charge in [0.1, 0.15) is 5.82 Å². The number of benzene rings is 1. The van der Waals surface area contributed by atoms with Crippen molar-refractivity contribution in [3.63, 3.8) is 0 Å². The molecular weight excluding hydrogens is 412 g/mol. The van der Waals surface area contributed by atoms with Crippen LogP contribution in [0.5, 0.6) is 0 Å². The molecule has 1 unspecified atom stereocenters. The van der Waals surface area contributed by atoms with Crippen LogP contribution in [-0.2, 0) is 30.7 Å². The Balaban J connectivity index is 1.36. The topological polar surface area (TPSA) is 64.6 Å². The first-order valence-electron chi connectivity index (χ1n) is 12.5. The molecule has 3 aliphatic rings. The quantitative estimate of drug-likeness (QED) is 0.755. The number of nitrogens with one attached hydrogen (secondary N) is 1. The van der Waals surface area contributed by atoms with Gasteiger partial charge < -0.3 is 15.1 Å². The molecule has 1 fully saturated rings. The second kappa shape index (κ2) is 9.29. The molecule has 7 nitrogen and oxygen atoms in total. The Morgan fingerprint density at radius 2 is 2.03 bits per heavy atom. The molecule has 0 aliphatic carbocycles. The van der Waals surface area contributed by atoms with E-state index in [1.165, 1.54) is 41.8 Å². The van der Waals surface area contributed by atoms with Gasteiger partial charge in [0.2, 0.25) is 5.91 Å². The zero-order chi connectivity index (χ0) is 22.9. The molecule has 0 saturated carbocycles. The molecule has 1 saturated heterocycles. The van der Waals surface area contributed by atoms with Gasteiger partial charge in [0.05, 0.1) is 11.7 Å². The van der Waals surface area contributed by atoms with Gasteiger partial charge in [0.15, 0.2) is 5.82 Å². The Hall–Kier alpha value is -2.67. The molecule has 5 rings (SSSR count). The molecule has 1 aromatic heterocycles. The Kier molecular flexibility index (Phi) is 6.23. The van der Waals surface area contributed by atoms with E-state index in [4.69, 9.17) is 9.97 Å². The molecule has 1 aromatic carbocycles. The van der Waals surface area contributed by atoms with Crippen molar-refractivity contribution in [2.75, 3.05) is 43.4 Å². The predicted molar refractivity (Wildman–Crippen MR) is 131 cm³/mol. The molecule has 1 atom stereocenters. The standard InChI is InChI=1S/C26H36N6O/c1-4-31-12-5-7-20-15-19(9-10-23(20)31)16-30-14-11-21-22(17-30)28-26(29-25(21)27-3)24-8-6-13-32(24)18(2)33/h9-10,15,24H,4-8,11-14,16-17H2,1-3H3,(H,27,28,29).